The van der Waals surface area contributed by atoms with Crippen LogP contribution in [-0.4, -0.2) is 36.6 Å². The van der Waals surface area contributed by atoms with Crippen LogP contribution >= 0.6 is 11.3 Å². The van der Waals surface area contributed by atoms with Gasteiger partial charge in [-0.05, 0) is 50.6 Å². The summed E-state index contributed by atoms with van der Waals surface area (Å²) >= 11 is 1.92. The maximum atomic E-state index is 3.79. The van der Waals surface area contributed by atoms with E-state index in [1.807, 2.05) is 11.3 Å². The Bertz CT molecular complexity index is 372. The molecule has 1 aromatic rings. The quantitative estimate of drug-likeness (QED) is 0.854. The van der Waals surface area contributed by atoms with E-state index in [1.54, 1.807) is 4.88 Å². The molecule has 1 aliphatic rings. The zero-order valence-electron chi connectivity index (χ0n) is 13.4. The van der Waals surface area contributed by atoms with Crippen LogP contribution in [0.4, 0.5) is 0 Å². The Balaban J connectivity index is 1.94. The van der Waals surface area contributed by atoms with Crippen LogP contribution in [0.25, 0.3) is 0 Å². The fourth-order valence-electron chi connectivity index (χ4n) is 3.01. The molecule has 2 unspecified atom stereocenters. The molecule has 0 aliphatic carbocycles. The number of rotatable bonds is 6. The lowest BCUT2D eigenvalue weighted by Gasteiger charge is -2.40. The first-order chi connectivity index (χ1) is 9.56. The third kappa shape index (κ3) is 4.57. The van der Waals surface area contributed by atoms with Crippen LogP contribution in [0.15, 0.2) is 17.5 Å². The average Bonchev–Trinajstić information content (AvgIpc) is 2.91. The maximum Gasteiger partial charge on any atom is 0.0201 e. The van der Waals surface area contributed by atoms with Gasteiger partial charge in [0.15, 0.2) is 0 Å². The summed E-state index contributed by atoms with van der Waals surface area (Å²) < 4.78 is 0. The normalized spacial score (nSPS) is 24.7. The summed E-state index contributed by atoms with van der Waals surface area (Å²) in [4.78, 5) is 4.20. The largest absolute Gasteiger partial charge is 0.313 e. The highest BCUT2D eigenvalue weighted by Crippen LogP contribution is 2.31. The van der Waals surface area contributed by atoms with Gasteiger partial charge in [0.25, 0.3) is 0 Å². The summed E-state index contributed by atoms with van der Waals surface area (Å²) in [6, 6.07) is 5.80. The summed E-state index contributed by atoms with van der Waals surface area (Å²) in [5, 5.41) is 6.01. The molecule has 2 nitrogen and oxygen atoms in total. The van der Waals surface area contributed by atoms with Crippen LogP contribution in [0, 0.1) is 5.92 Å². The van der Waals surface area contributed by atoms with Gasteiger partial charge < -0.3 is 5.32 Å². The Kier molecular flexibility index (Phi) is 6.06. The van der Waals surface area contributed by atoms with Crippen molar-refractivity contribution in [1.29, 1.82) is 0 Å². The second-order valence-electron chi connectivity index (χ2n) is 6.83. The number of piperidine rings is 1. The number of thiophene rings is 1. The third-order valence-corrected chi connectivity index (χ3v) is 5.34. The van der Waals surface area contributed by atoms with Crippen molar-refractivity contribution >= 4 is 11.3 Å². The molecule has 1 aliphatic heterocycles. The molecule has 0 bridgehead atoms. The Morgan fingerprint density at radius 2 is 2.10 bits per heavy atom. The molecule has 0 aromatic carbocycles. The van der Waals surface area contributed by atoms with Crippen LogP contribution < -0.4 is 5.32 Å². The standard InChI is InChI=1S/C17H30N2S/c1-13(2)7-8-18-16-10-15(17-6-5-9-20-17)11-19(12-16)14(3)4/h5-6,9,13-16,18H,7-8,10-12H2,1-4H3. The minimum Gasteiger partial charge on any atom is -0.313 e. The summed E-state index contributed by atoms with van der Waals surface area (Å²) in [6.45, 7) is 12.8. The fourth-order valence-corrected chi connectivity index (χ4v) is 3.84. The average molecular weight is 295 g/mol. The van der Waals surface area contributed by atoms with E-state index in [9.17, 15) is 0 Å². The van der Waals surface area contributed by atoms with Gasteiger partial charge in [0.05, 0.1) is 0 Å². The van der Waals surface area contributed by atoms with Crippen LogP contribution in [0.3, 0.4) is 0 Å². The Hall–Kier alpha value is -0.380. The van der Waals surface area contributed by atoms with E-state index >= 15 is 0 Å². The van der Waals surface area contributed by atoms with Crippen LogP contribution in [0.2, 0.25) is 0 Å². The van der Waals surface area contributed by atoms with Crippen molar-refractivity contribution in [2.45, 2.75) is 58.5 Å². The number of hydrogen-bond acceptors (Lipinski definition) is 3. The minimum absolute atomic E-state index is 0.646. The van der Waals surface area contributed by atoms with E-state index in [4.69, 9.17) is 0 Å². The minimum atomic E-state index is 0.646. The third-order valence-electron chi connectivity index (χ3n) is 4.31. The maximum absolute atomic E-state index is 3.79. The van der Waals surface area contributed by atoms with Crippen molar-refractivity contribution in [3.05, 3.63) is 22.4 Å². The van der Waals surface area contributed by atoms with Gasteiger partial charge in [-0.25, -0.2) is 0 Å². The Labute approximate surface area is 128 Å². The van der Waals surface area contributed by atoms with Crippen molar-refractivity contribution < 1.29 is 0 Å². The lowest BCUT2D eigenvalue weighted by molar-refractivity contribution is 0.138. The highest BCUT2D eigenvalue weighted by atomic mass is 32.1. The van der Waals surface area contributed by atoms with Crippen molar-refractivity contribution in [3.8, 4) is 0 Å². The molecule has 3 heteroatoms. The SMILES string of the molecule is CC(C)CCNC1CC(c2cccs2)CN(C(C)C)C1. The lowest BCUT2D eigenvalue weighted by atomic mass is 9.92. The Morgan fingerprint density at radius 1 is 1.30 bits per heavy atom. The summed E-state index contributed by atoms with van der Waals surface area (Å²) in [6.07, 6.45) is 2.57. The highest BCUT2D eigenvalue weighted by Gasteiger charge is 2.29. The number of nitrogens with one attached hydrogen (secondary N) is 1. The molecule has 2 atom stereocenters. The van der Waals surface area contributed by atoms with Crippen LogP contribution in [0.1, 0.15) is 51.3 Å². The molecule has 0 amide bonds. The monoisotopic (exact) mass is 294 g/mol. The second-order valence-corrected chi connectivity index (χ2v) is 7.81. The van der Waals surface area contributed by atoms with Gasteiger partial charge in [-0.2, -0.15) is 0 Å². The van der Waals surface area contributed by atoms with E-state index in [1.165, 1.54) is 25.9 Å². The van der Waals surface area contributed by atoms with Crippen molar-refractivity contribution in [3.63, 3.8) is 0 Å². The molecule has 1 saturated heterocycles. The van der Waals surface area contributed by atoms with E-state index in [-0.39, 0.29) is 0 Å². The second kappa shape index (κ2) is 7.58. The lowest BCUT2D eigenvalue weighted by Crippen LogP contribution is -2.50. The van der Waals surface area contributed by atoms with Gasteiger partial charge >= 0.3 is 0 Å². The van der Waals surface area contributed by atoms with Gasteiger partial charge in [0.1, 0.15) is 0 Å². The van der Waals surface area contributed by atoms with Crippen molar-refractivity contribution in [2.75, 3.05) is 19.6 Å². The van der Waals surface area contributed by atoms with E-state index in [0.717, 1.165) is 12.5 Å². The number of likely N-dealkylation sites (tertiary alicyclic amines) is 1. The Morgan fingerprint density at radius 3 is 2.70 bits per heavy atom. The first kappa shape index (κ1) is 16.0. The first-order valence-corrected chi connectivity index (χ1v) is 8.95. The predicted octanol–water partition coefficient (Wildman–Crippen LogP) is 3.95. The zero-order valence-corrected chi connectivity index (χ0v) is 14.2. The zero-order chi connectivity index (χ0) is 14.5. The molecule has 114 valence electrons. The summed E-state index contributed by atoms with van der Waals surface area (Å²) in [7, 11) is 0. The smallest absolute Gasteiger partial charge is 0.0201 e. The van der Waals surface area contributed by atoms with E-state index < -0.39 is 0 Å². The van der Waals surface area contributed by atoms with Gasteiger partial charge in [-0.3, -0.25) is 4.90 Å². The summed E-state index contributed by atoms with van der Waals surface area (Å²) in [5.41, 5.74) is 0. The molecular formula is C17H30N2S. The van der Waals surface area contributed by atoms with Gasteiger partial charge in [-0.1, -0.05) is 19.9 Å². The highest BCUT2D eigenvalue weighted by molar-refractivity contribution is 7.10. The molecule has 2 rings (SSSR count). The van der Waals surface area contributed by atoms with Crippen LogP contribution in [-0.2, 0) is 0 Å². The molecular weight excluding hydrogens is 264 g/mol. The molecule has 0 spiro atoms. The molecule has 2 heterocycles. The molecule has 1 fully saturated rings. The van der Waals surface area contributed by atoms with Crippen molar-refractivity contribution in [2.24, 2.45) is 5.92 Å². The molecule has 20 heavy (non-hydrogen) atoms. The summed E-state index contributed by atoms with van der Waals surface area (Å²) in [5.74, 6) is 1.50. The molecule has 0 saturated carbocycles. The van der Waals surface area contributed by atoms with E-state index in [2.05, 4.69) is 55.4 Å². The first-order valence-electron chi connectivity index (χ1n) is 8.07. The predicted molar refractivity (Wildman–Crippen MR) is 89.6 cm³/mol. The van der Waals surface area contributed by atoms with E-state index in [0.29, 0.717) is 18.0 Å². The number of hydrogen-bond donors (Lipinski definition) is 1. The topological polar surface area (TPSA) is 15.3 Å². The van der Waals surface area contributed by atoms with Crippen LogP contribution in [0.5, 0.6) is 0 Å². The fraction of sp³-hybridized carbons (Fsp3) is 0.765. The van der Waals surface area contributed by atoms with Gasteiger partial charge in [0.2, 0.25) is 0 Å². The molecule has 0 radical (unpaired) electrons. The van der Waals surface area contributed by atoms with Gasteiger partial charge in [-0.15, -0.1) is 11.3 Å². The van der Waals surface area contributed by atoms with Gasteiger partial charge in [0, 0.05) is 36.0 Å². The molecule has 1 N–H and O–H groups in total. The van der Waals surface area contributed by atoms with Crippen molar-refractivity contribution in [1.82, 2.24) is 10.2 Å². The number of nitrogens with zero attached hydrogens (tertiary/aromatic N) is 1. The molecule has 1 aromatic heterocycles.